The number of anilines is 1. The van der Waals surface area contributed by atoms with Crippen LogP contribution in [0.4, 0.5) is 5.82 Å². The SMILES string of the molecule is CCNc1ncc(C(=O)NC2(C)CCCCC2)cc1Cl. The summed E-state index contributed by atoms with van der Waals surface area (Å²) in [7, 11) is 0. The quantitative estimate of drug-likeness (QED) is 0.892. The van der Waals surface area contributed by atoms with E-state index in [2.05, 4.69) is 22.5 Å². The van der Waals surface area contributed by atoms with Gasteiger partial charge in [-0.25, -0.2) is 4.98 Å². The maximum absolute atomic E-state index is 12.3. The Balaban J connectivity index is 2.07. The van der Waals surface area contributed by atoms with Crippen molar-refractivity contribution in [2.75, 3.05) is 11.9 Å². The molecule has 0 unspecified atom stereocenters. The normalized spacial score (nSPS) is 17.6. The van der Waals surface area contributed by atoms with Crippen molar-refractivity contribution in [3.8, 4) is 0 Å². The molecule has 20 heavy (non-hydrogen) atoms. The van der Waals surface area contributed by atoms with E-state index < -0.39 is 0 Å². The molecule has 0 aromatic carbocycles. The molecule has 0 bridgehead atoms. The highest BCUT2D eigenvalue weighted by atomic mass is 35.5. The van der Waals surface area contributed by atoms with Gasteiger partial charge in [0.05, 0.1) is 10.6 Å². The zero-order valence-corrected chi connectivity index (χ0v) is 12.9. The van der Waals surface area contributed by atoms with Crippen molar-refractivity contribution in [1.29, 1.82) is 0 Å². The average Bonchev–Trinajstić information content (AvgIpc) is 2.41. The van der Waals surface area contributed by atoms with Crippen LogP contribution in [0.5, 0.6) is 0 Å². The van der Waals surface area contributed by atoms with Crippen molar-refractivity contribution < 1.29 is 4.79 Å². The molecule has 1 aliphatic carbocycles. The minimum atomic E-state index is -0.0951. The summed E-state index contributed by atoms with van der Waals surface area (Å²) in [6.45, 7) is 4.84. The van der Waals surface area contributed by atoms with E-state index in [1.54, 1.807) is 12.3 Å². The van der Waals surface area contributed by atoms with Crippen LogP contribution >= 0.6 is 11.6 Å². The molecule has 1 fully saturated rings. The van der Waals surface area contributed by atoms with Gasteiger partial charge in [-0.15, -0.1) is 0 Å². The molecule has 1 aromatic rings. The number of rotatable bonds is 4. The Bertz CT molecular complexity index is 484. The summed E-state index contributed by atoms with van der Waals surface area (Å²) < 4.78 is 0. The molecule has 0 spiro atoms. The van der Waals surface area contributed by atoms with Gasteiger partial charge in [0.25, 0.3) is 5.91 Å². The third-order valence-corrected chi connectivity index (χ3v) is 4.11. The Morgan fingerprint density at radius 1 is 1.40 bits per heavy atom. The number of hydrogen-bond donors (Lipinski definition) is 2. The second kappa shape index (κ2) is 6.44. The number of carbonyl (C=O) groups excluding carboxylic acids is 1. The minimum absolute atomic E-state index is 0.0909. The molecule has 1 amide bonds. The highest BCUT2D eigenvalue weighted by molar-refractivity contribution is 6.33. The second-order valence-electron chi connectivity index (χ2n) is 5.66. The number of nitrogens with zero attached hydrogens (tertiary/aromatic N) is 1. The summed E-state index contributed by atoms with van der Waals surface area (Å²) in [6, 6.07) is 1.67. The van der Waals surface area contributed by atoms with Gasteiger partial charge in [0.15, 0.2) is 0 Å². The van der Waals surface area contributed by atoms with E-state index in [-0.39, 0.29) is 11.4 Å². The third-order valence-electron chi connectivity index (χ3n) is 3.82. The maximum atomic E-state index is 12.3. The Labute approximate surface area is 125 Å². The van der Waals surface area contributed by atoms with E-state index in [1.165, 1.54) is 19.3 Å². The van der Waals surface area contributed by atoms with E-state index in [0.29, 0.717) is 16.4 Å². The minimum Gasteiger partial charge on any atom is -0.369 e. The molecular formula is C15H22ClN3O. The number of aromatic nitrogens is 1. The Kier molecular flexibility index (Phi) is 4.86. The van der Waals surface area contributed by atoms with E-state index in [9.17, 15) is 4.79 Å². The van der Waals surface area contributed by atoms with Gasteiger partial charge in [-0.1, -0.05) is 30.9 Å². The lowest BCUT2D eigenvalue weighted by Crippen LogP contribution is -2.47. The molecule has 1 saturated carbocycles. The van der Waals surface area contributed by atoms with Gasteiger partial charge in [-0.2, -0.15) is 0 Å². The number of nitrogens with one attached hydrogen (secondary N) is 2. The highest BCUT2D eigenvalue weighted by Crippen LogP contribution is 2.28. The molecule has 5 heteroatoms. The third kappa shape index (κ3) is 3.63. The van der Waals surface area contributed by atoms with Gasteiger partial charge >= 0.3 is 0 Å². The first-order valence-electron chi connectivity index (χ1n) is 7.26. The Morgan fingerprint density at radius 3 is 2.70 bits per heavy atom. The van der Waals surface area contributed by atoms with Crippen molar-refractivity contribution in [3.63, 3.8) is 0 Å². The Hall–Kier alpha value is -1.29. The van der Waals surface area contributed by atoms with Crippen LogP contribution in [0.2, 0.25) is 5.02 Å². The lowest BCUT2D eigenvalue weighted by atomic mass is 9.83. The lowest BCUT2D eigenvalue weighted by Gasteiger charge is -2.34. The van der Waals surface area contributed by atoms with Crippen LogP contribution in [-0.2, 0) is 0 Å². The predicted molar refractivity (Wildman–Crippen MR) is 82.4 cm³/mol. The van der Waals surface area contributed by atoms with Crippen LogP contribution in [0.1, 0.15) is 56.3 Å². The summed E-state index contributed by atoms with van der Waals surface area (Å²) in [6.07, 6.45) is 7.26. The maximum Gasteiger partial charge on any atom is 0.253 e. The van der Waals surface area contributed by atoms with Crippen LogP contribution in [0.25, 0.3) is 0 Å². The largest absolute Gasteiger partial charge is 0.369 e. The molecule has 1 aliphatic rings. The number of carbonyl (C=O) groups is 1. The van der Waals surface area contributed by atoms with E-state index >= 15 is 0 Å². The molecule has 1 heterocycles. The molecule has 0 atom stereocenters. The number of halogens is 1. The summed E-state index contributed by atoms with van der Waals surface area (Å²) >= 11 is 6.12. The smallest absolute Gasteiger partial charge is 0.253 e. The van der Waals surface area contributed by atoms with Crippen LogP contribution in [0.15, 0.2) is 12.3 Å². The fraction of sp³-hybridized carbons (Fsp3) is 0.600. The first-order chi connectivity index (χ1) is 9.54. The summed E-state index contributed by atoms with van der Waals surface area (Å²) in [5, 5.41) is 6.67. The first kappa shape index (κ1) is 15.1. The van der Waals surface area contributed by atoms with Crippen LogP contribution < -0.4 is 10.6 Å². The summed E-state index contributed by atoms with van der Waals surface area (Å²) in [5.41, 5.74) is 0.422. The van der Waals surface area contributed by atoms with Crippen molar-refractivity contribution in [2.24, 2.45) is 0 Å². The van der Waals surface area contributed by atoms with Gasteiger partial charge in [-0.3, -0.25) is 4.79 Å². The number of pyridine rings is 1. The van der Waals surface area contributed by atoms with Crippen molar-refractivity contribution in [1.82, 2.24) is 10.3 Å². The Morgan fingerprint density at radius 2 is 2.10 bits per heavy atom. The zero-order valence-electron chi connectivity index (χ0n) is 12.1. The van der Waals surface area contributed by atoms with E-state index in [1.807, 2.05) is 6.92 Å². The second-order valence-corrected chi connectivity index (χ2v) is 6.07. The molecule has 0 saturated heterocycles. The molecule has 4 nitrogen and oxygen atoms in total. The van der Waals surface area contributed by atoms with Gasteiger partial charge in [0.1, 0.15) is 5.82 Å². The average molecular weight is 296 g/mol. The van der Waals surface area contributed by atoms with Gasteiger partial charge < -0.3 is 10.6 Å². The molecule has 2 N–H and O–H groups in total. The molecule has 0 radical (unpaired) electrons. The van der Waals surface area contributed by atoms with E-state index in [0.717, 1.165) is 19.4 Å². The predicted octanol–water partition coefficient (Wildman–Crippen LogP) is 3.62. The molecule has 2 rings (SSSR count). The highest BCUT2D eigenvalue weighted by Gasteiger charge is 2.28. The number of hydrogen-bond acceptors (Lipinski definition) is 3. The lowest BCUT2D eigenvalue weighted by molar-refractivity contribution is 0.0882. The van der Waals surface area contributed by atoms with Gasteiger partial charge in [-0.05, 0) is 32.8 Å². The van der Waals surface area contributed by atoms with Gasteiger partial charge in [0, 0.05) is 18.3 Å². The molecular weight excluding hydrogens is 274 g/mol. The van der Waals surface area contributed by atoms with Crippen molar-refractivity contribution >= 4 is 23.3 Å². The number of amides is 1. The summed E-state index contributed by atoms with van der Waals surface area (Å²) in [4.78, 5) is 16.5. The van der Waals surface area contributed by atoms with Crippen molar-refractivity contribution in [3.05, 3.63) is 22.8 Å². The van der Waals surface area contributed by atoms with Crippen LogP contribution in [0, 0.1) is 0 Å². The van der Waals surface area contributed by atoms with Gasteiger partial charge in [0.2, 0.25) is 0 Å². The summed E-state index contributed by atoms with van der Waals surface area (Å²) in [5.74, 6) is 0.529. The topological polar surface area (TPSA) is 54.0 Å². The first-order valence-corrected chi connectivity index (χ1v) is 7.64. The fourth-order valence-corrected chi connectivity index (χ4v) is 2.90. The standard InChI is InChI=1S/C15H22ClN3O/c1-3-17-13-12(16)9-11(10-18-13)14(20)19-15(2)7-5-4-6-8-15/h9-10H,3-8H2,1-2H3,(H,17,18)(H,19,20). The molecule has 0 aliphatic heterocycles. The monoisotopic (exact) mass is 295 g/mol. The molecule has 1 aromatic heterocycles. The van der Waals surface area contributed by atoms with Crippen LogP contribution in [-0.4, -0.2) is 23.0 Å². The van der Waals surface area contributed by atoms with Crippen LogP contribution in [0.3, 0.4) is 0 Å². The zero-order chi connectivity index (χ0) is 14.6. The fourth-order valence-electron chi connectivity index (χ4n) is 2.66. The molecule has 110 valence electrons. The van der Waals surface area contributed by atoms with E-state index in [4.69, 9.17) is 11.6 Å². The van der Waals surface area contributed by atoms with Crippen molar-refractivity contribution in [2.45, 2.75) is 51.5 Å².